The minimum Gasteiger partial charge on any atom is -0.323 e. The van der Waals surface area contributed by atoms with Gasteiger partial charge < -0.3 is 5.32 Å². The molecule has 5 heteroatoms. The van der Waals surface area contributed by atoms with Crippen molar-refractivity contribution in [2.75, 3.05) is 13.1 Å². The van der Waals surface area contributed by atoms with E-state index in [-0.39, 0.29) is 29.6 Å². The lowest BCUT2D eigenvalue weighted by atomic mass is 9.69. The van der Waals surface area contributed by atoms with Gasteiger partial charge in [-0.2, -0.15) is 0 Å². The molecule has 2 aliphatic heterocycles. The van der Waals surface area contributed by atoms with Crippen molar-refractivity contribution in [3.8, 4) is 0 Å². The second-order valence-corrected chi connectivity index (χ2v) is 7.59. The van der Waals surface area contributed by atoms with Crippen LogP contribution in [0.3, 0.4) is 0 Å². The predicted molar refractivity (Wildman–Crippen MR) is 87.5 cm³/mol. The molecule has 5 nitrogen and oxygen atoms in total. The van der Waals surface area contributed by atoms with Gasteiger partial charge in [-0.3, -0.25) is 14.6 Å². The van der Waals surface area contributed by atoms with Crippen LogP contribution in [0.4, 0.5) is 4.79 Å². The molecule has 2 aliphatic rings. The van der Waals surface area contributed by atoms with Crippen LogP contribution in [0.1, 0.15) is 40.5 Å². The van der Waals surface area contributed by atoms with Crippen LogP contribution in [0.2, 0.25) is 0 Å². The zero-order valence-corrected chi connectivity index (χ0v) is 14.1. The van der Waals surface area contributed by atoms with Gasteiger partial charge in [0.25, 0.3) is 5.91 Å². The van der Waals surface area contributed by atoms with Gasteiger partial charge in [0, 0.05) is 24.2 Å². The third-order valence-electron chi connectivity index (χ3n) is 4.80. The maximum atomic E-state index is 12.9. The van der Waals surface area contributed by atoms with Crippen LogP contribution in [0, 0.1) is 0 Å². The molecule has 0 aliphatic carbocycles. The van der Waals surface area contributed by atoms with Crippen LogP contribution in [0.15, 0.2) is 25.3 Å². The lowest BCUT2D eigenvalue weighted by molar-refractivity contribution is -0.139. The van der Waals surface area contributed by atoms with Gasteiger partial charge in [-0.25, -0.2) is 4.79 Å². The van der Waals surface area contributed by atoms with Crippen molar-refractivity contribution in [1.82, 2.24) is 15.1 Å². The summed E-state index contributed by atoms with van der Waals surface area (Å²) in [6.07, 6.45) is 4.66. The van der Waals surface area contributed by atoms with Crippen molar-refractivity contribution < 1.29 is 9.59 Å². The van der Waals surface area contributed by atoms with Crippen LogP contribution < -0.4 is 5.32 Å². The molecule has 0 saturated carbocycles. The third-order valence-corrected chi connectivity index (χ3v) is 4.80. The number of nitrogens with zero attached hydrogens (tertiary/aromatic N) is 2. The van der Waals surface area contributed by atoms with Crippen molar-refractivity contribution in [3.05, 3.63) is 25.3 Å². The summed E-state index contributed by atoms with van der Waals surface area (Å²) in [7, 11) is 0. The minimum absolute atomic E-state index is 0.128. The number of carbonyl (C=O) groups is 2. The van der Waals surface area contributed by atoms with Crippen molar-refractivity contribution in [3.63, 3.8) is 0 Å². The van der Waals surface area contributed by atoms with E-state index in [4.69, 9.17) is 0 Å². The molecule has 22 heavy (non-hydrogen) atoms. The molecule has 2 rings (SSSR count). The maximum Gasteiger partial charge on any atom is 0.325 e. The van der Waals surface area contributed by atoms with E-state index in [1.807, 2.05) is 6.08 Å². The van der Waals surface area contributed by atoms with Gasteiger partial charge in [0.05, 0.1) is 0 Å². The highest BCUT2D eigenvalue weighted by atomic mass is 16.2. The van der Waals surface area contributed by atoms with Gasteiger partial charge in [0.15, 0.2) is 0 Å². The molecular weight excluding hydrogens is 278 g/mol. The van der Waals surface area contributed by atoms with E-state index in [0.717, 1.165) is 6.54 Å². The summed E-state index contributed by atoms with van der Waals surface area (Å²) in [5.74, 6) is -0.128. The number of likely N-dealkylation sites (tertiary alicyclic amines) is 1. The Morgan fingerprint density at radius 2 is 1.55 bits per heavy atom. The maximum absolute atomic E-state index is 12.9. The summed E-state index contributed by atoms with van der Waals surface area (Å²) in [5.41, 5.74) is -1.25. The fourth-order valence-corrected chi connectivity index (χ4v) is 4.38. The summed E-state index contributed by atoms with van der Waals surface area (Å²) < 4.78 is 0. The number of hydrogen-bond donors (Lipinski definition) is 1. The Hall–Kier alpha value is -1.62. The molecular formula is C17H27N3O2. The summed E-state index contributed by atoms with van der Waals surface area (Å²) in [6, 6.07) is -0.311. The van der Waals surface area contributed by atoms with E-state index in [1.165, 1.54) is 4.90 Å². The van der Waals surface area contributed by atoms with Crippen molar-refractivity contribution in [1.29, 1.82) is 0 Å². The largest absolute Gasteiger partial charge is 0.325 e. The second-order valence-electron chi connectivity index (χ2n) is 7.59. The third kappa shape index (κ3) is 2.47. The molecule has 3 amide bonds. The molecule has 2 heterocycles. The first-order valence-corrected chi connectivity index (χ1v) is 7.73. The fourth-order valence-electron chi connectivity index (χ4n) is 4.38. The average Bonchev–Trinajstić information content (AvgIpc) is 2.57. The molecule has 0 aromatic rings. The van der Waals surface area contributed by atoms with Crippen LogP contribution in [0.25, 0.3) is 0 Å². The Morgan fingerprint density at radius 1 is 1.05 bits per heavy atom. The van der Waals surface area contributed by atoms with Crippen LogP contribution in [0.5, 0.6) is 0 Å². The Bertz CT molecular complexity index is 504. The number of rotatable bonds is 4. The highest BCUT2D eigenvalue weighted by molar-refractivity contribution is 6.07. The smallest absolute Gasteiger partial charge is 0.323 e. The molecule has 0 aromatic heterocycles. The molecule has 0 radical (unpaired) electrons. The Kier molecular flexibility index (Phi) is 3.98. The molecule has 122 valence electrons. The van der Waals surface area contributed by atoms with Gasteiger partial charge in [0.2, 0.25) is 0 Å². The average molecular weight is 305 g/mol. The normalized spacial score (nSPS) is 26.1. The molecule has 2 fully saturated rings. The Morgan fingerprint density at radius 3 is 2.00 bits per heavy atom. The van der Waals surface area contributed by atoms with E-state index >= 15 is 0 Å². The van der Waals surface area contributed by atoms with Gasteiger partial charge in [0.1, 0.15) is 5.54 Å². The zero-order chi connectivity index (χ0) is 16.8. The molecule has 0 atom stereocenters. The topological polar surface area (TPSA) is 52.7 Å². The summed E-state index contributed by atoms with van der Waals surface area (Å²) >= 11 is 0. The summed E-state index contributed by atoms with van der Waals surface area (Å²) in [5, 5.41) is 2.96. The minimum atomic E-state index is -0.815. The molecule has 0 unspecified atom stereocenters. The van der Waals surface area contributed by atoms with Gasteiger partial charge in [-0.1, -0.05) is 12.2 Å². The lowest BCUT2D eigenvalue weighted by Crippen LogP contribution is -2.69. The highest BCUT2D eigenvalue weighted by Crippen LogP contribution is 2.45. The molecule has 1 spiro atoms. The van der Waals surface area contributed by atoms with E-state index < -0.39 is 5.54 Å². The molecule has 1 N–H and O–H groups in total. The van der Waals surface area contributed by atoms with E-state index in [2.05, 4.69) is 51.1 Å². The standard InChI is InChI=1S/C17H27N3O2/c1-7-9-19-13(21)17(18-14(19)22)11-15(3,4)20(10-8-2)16(5,6)12-17/h7-8H,1-2,9-12H2,3-6H3,(H,18,22). The number of carbonyl (C=O) groups excluding carboxylic acids is 2. The number of imide groups is 1. The molecule has 0 bridgehead atoms. The van der Waals surface area contributed by atoms with Crippen LogP contribution >= 0.6 is 0 Å². The highest BCUT2D eigenvalue weighted by Gasteiger charge is 2.60. The fraction of sp³-hybridized carbons (Fsp3) is 0.647. The van der Waals surface area contributed by atoms with E-state index in [9.17, 15) is 9.59 Å². The van der Waals surface area contributed by atoms with Crippen LogP contribution in [-0.4, -0.2) is 51.4 Å². The lowest BCUT2D eigenvalue weighted by Gasteiger charge is -2.57. The first-order valence-electron chi connectivity index (χ1n) is 7.73. The Balaban J connectivity index is 2.39. The van der Waals surface area contributed by atoms with Gasteiger partial charge in [-0.05, 0) is 40.5 Å². The second kappa shape index (κ2) is 5.23. The number of amides is 3. The summed E-state index contributed by atoms with van der Waals surface area (Å²) in [4.78, 5) is 28.7. The van der Waals surface area contributed by atoms with E-state index in [1.54, 1.807) is 6.08 Å². The zero-order valence-electron chi connectivity index (χ0n) is 14.1. The number of nitrogens with one attached hydrogen (secondary N) is 1. The van der Waals surface area contributed by atoms with Gasteiger partial charge >= 0.3 is 6.03 Å². The number of hydrogen-bond acceptors (Lipinski definition) is 3. The van der Waals surface area contributed by atoms with Crippen molar-refractivity contribution in [2.24, 2.45) is 0 Å². The summed E-state index contributed by atoms with van der Waals surface area (Å²) in [6.45, 7) is 17.0. The predicted octanol–water partition coefficient (Wildman–Crippen LogP) is 2.30. The number of urea groups is 1. The first kappa shape index (κ1) is 16.7. The Labute approximate surface area is 133 Å². The SMILES string of the molecule is C=CCN1C(=O)NC2(CC(C)(C)N(CC=C)C(C)(C)C2)C1=O. The van der Waals surface area contributed by atoms with Crippen molar-refractivity contribution >= 4 is 11.9 Å². The number of piperidine rings is 1. The quantitative estimate of drug-likeness (QED) is 0.640. The monoisotopic (exact) mass is 305 g/mol. The van der Waals surface area contributed by atoms with Crippen LogP contribution in [-0.2, 0) is 4.79 Å². The van der Waals surface area contributed by atoms with Gasteiger partial charge in [-0.15, -0.1) is 13.2 Å². The van der Waals surface area contributed by atoms with Crippen molar-refractivity contribution in [2.45, 2.75) is 57.2 Å². The molecule has 0 aromatic carbocycles. The molecule has 2 saturated heterocycles. The van der Waals surface area contributed by atoms with E-state index in [0.29, 0.717) is 12.8 Å². The first-order chi connectivity index (χ1) is 10.1.